The molecule has 0 aliphatic carbocycles. The second-order valence-electron chi connectivity index (χ2n) is 3.59. The van der Waals surface area contributed by atoms with Crippen LogP contribution in [0.1, 0.15) is 10.4 Å². The number of halogens is 1. The lowest BCUT2D eigenvalue weighted by molar-refractivity contribution is 0.0411. The maximum atomic E-state index is 13.2. The minimum atomic E-state index is -1.41. The zero-order valence-electron chi connectivity index (χ0n) is 8.18. The summed E-state index contributed by atoms with van der Waals surface area (Å²) < 4.78 is 19.6. The molecule has 0 radical (unpaired) electrons. The van der Waals surface area contributed by atoms with Gasteiger partial charge in [0.15, 0.2) is 0 Å². The highest BCUT2D eigenvalue weighted by Gasteiger charge is 2.24. The number of benzene rings is 1. The van der Waals surface area contributed by atoms with Crippen LogP contribution in [0.5, 0.6) is 5.75 Å². The van der Waals surface area contributed by atoms with Gasteiger partial charge in [-0.1, -0.05) is 0 Å². The first-order valence-corrected chi connectivity index (χ1v) is 4.76. The normalized spacial score (nSPS) is 18.4. The number of ether oxygens (including phenoxy) is 1. The molecule has 1 aromatic heterocycles. The van der Waals surface area contributed by atoms with E-state index < -0.39 is 12.3 Å². The first-order chi connectivity index (χ1) is 7.66. The molecule has 1 amide bonds. The van der Waals surface area contributed by atoms with Crippen LogP contribution in [-0.4, -0.2) is 22.0 Å². The van der Waals surface area contributed by atoms with E-state index in [0.29, 0.717) is 22.2 Å². The standard InChI is InChI=1S/C10H8FN3O2/c11-8-4-14-9-6(3-13-14)5(10(12)15)1-2-7(9)16-8/h1-3,8H,4H2,(H2,12,15). The predicted molar refractivity (Wildman–Crippen MR) is 53.8 cm³/mol. The molecule has 3 rings (SSSR count). The van der Waals surface area contributed by atoms with Crippen molar-refractivity contribution in [3.63, 3.8) is 0 Å². The Morgan fingerprint density at radius 3 is 3.19 bits per heavy atom. The number of carbonyl (C=O) groups excluding carboxylic acids is 1. The number of hydrogen-bond donors (Lipinski definition) is 1. The quantitative estimate of drug-likeness (QED) is 0.775. The fraction of sp³-hybridized carbons (Fsp3) is 0.200. The van der Waals surface area contributed by atoms with Crippen molar-refractivity contribution in [1.29, 1.82) is 0 Å². The van der Waals surface area contributed by atoms with E-state index in [-0.39, 0.29) is 6.54 Å². The average Bonchev–Trinajstić information content (AvgIpc) is 2.63. The summed E-state index contributed by atoms with van der Waals surface area (Å²) >= 11 is 0. The van der Waals surface area contributed by atoms with E-state index in [2.05, 4.69) is 5.10 Å². The van der Waals surface area contributed by atoms with E-state index in [4.69, 9.17) is 10.5 Å². The number of carbonyl (C=O) groups is 1. The summed E-state index contributed by atoms with van der Waals surface area (Å²) in [5, 5.41) is 4.60. The molecular formula is C10H8FN3O2. The summed E-state index contributed by atoms with van der Waals surface area (Å²) in [5.41, 5.74) is 6.22. The molecule has 1 unspecified atom stereocenters. The third kappa shape index (κ3) is 1.09. The summed E-state index contributed by atoms with van der Waals surface area (Å²) in [4.78, 5) is 11.2. The first kappa shape index (κ1) is 9.14. The van der Waals surface area contributed by atoms with Crippen LogP contribution in [0.2, 0.25) is 0 Å². The molecule has 0 fully saturated rings. The fourth-order valence-electron chi connectivity index (χ4n) is 1.93. The average molecular weight is 221 g/mol. The smallest absolute Gasteiger partial charge is 0.257 e. The Kier molecular flexibility index (Phi) is 1.68. The van der Waals surface area contributed by atoms with E-state index in [0.717, 1.165) is 0 Å². The number of amides is 1. The SMILES string of the molecule is NC(=O)c1ccc2c3c1cnn3CC(F)O2. The van der Waals surface area contributed by atoms with Crippen molar-refractivity contribution in [1.82, 2.24) is 9.78 Å². The van der Waals surface area contributed by atoms with Crippen molar-refractivity contribution in [2.45, 2.75) is 12.9 Å². The third-order valence-electron chi connectivity index (χ3n) is 2.60. The summed E-state index contributed by atoms with van der Waals surface area (Å²) in [6.45, 7) is 0.0265. The fourth-order valence-corrected chi connectivity index (χ4v) is 1.93. The van der Waals surface area contributed by atoms with Gasteiger partial charge in [-0.2, -0.15) is 9.49 Å². The largest absolute Gasteiger partial charge is 0.456 e. The highest BCUT2D eigenvalue weighted by atomic mass is 19.1. The lowest BCUT2D eigenvalue weighted by atomic mass is 10.1. The van der Waals surface area contributed by atoms with Gasteiger partial charge in [0.1, 0.15) is 17.8 Å². The highest BCUT2D eigenvalue weighted by molar-refractivity contribution is 6.07. The van der Waals surface area contributed by atoms with Crippen LogP contribution >= 0.6 is 0 Å². The number of primary amides is 1. The lowest BCUT2D eigenvalue weighted by Gasteiger charge is -2.19. The maximum absolute atomic E-state index is 13.2. The van der Waals surface area contributed by atoms with Crippen LogP contribution in [0.3, 0.4) is 0 Å². The molecule has 2 heterocycles. The summed E-state index contributed by atoms with van der Waals surface area (Å²) in [7, 11) is 0. The van der Waals surface area contributed by atoms with Crippen LogP contribution < -0.4 is 10.5 Å². The van der Waals surface area contributed by atoms with E-state index in [9.17, 15) is 9.18 Å². The Hall–Kier alpha value is -2.11. The molecule has 1 atom stereocenters. The van der Waals surface area contributed by atoms with Crippen LogP contribution in [-0.2, 0) is 6.54 Å². The second kappa shape index (κ2) is 2.94. The number of hydrogen-bond acceptors (Lipinski definition) is 3. The molecule has 5 nitrogen and oxygen atoms in total. The molecule has 6 heteroatoms. The summed E-state index contributed by atoms with van der Waals surface area (Å²) in [6.07, 6.45) is 0.0929. The Balaban J connectivity index is 2.34. The zero-order valence-corrected chi connectivity index (χ0v) is 8.18. The van der Waals surface area contributed by atoms with Gasteiger partial charge in [-0.15, -0.1) is 0 Å². The molecule has 1 aliphatic rings. The van der Waals surface area contributed by atoms with E-state index in [1.165, 1.54) is 23.0 Å². The molecule has 82 valence electrons. The Labute approximate surface area is 89.6 Å². The summed E-state index contributed by atoms with van der Waals surface area (Å²) in [5.74, 6) is -0.148. The van der Waals surface area contributed by atoms with Gasteiger partial charge >= 0.3 is 0 Å². The minimum Gasteiger partial charge on any atom is -0.456 e. The number of rotatable bonds is 1. The molecule has 1 aromatic carbocycles. The topological polar surface area (TPSA) is 70.1 Å². The van der Waals surface area contributed by atoms with Crippen molar-refractivity contribution in [2.75, 3.05) is 0 Å². The molecule has 0 saturated carbocycles. The van der Waals surface area contributed by atoms with Crippen molar-refractivity contribution < 1.29 is 13.9 Å². The third-order valence-corrected chi connectivity index (χ3v) is 2.60. The monoisotopic (exact) mass is 221 g/mol. The number of nitrogens with two attached hydrogens (primary N) is 1. The van der Waals surface area contributed by atoms with Crippen LogP contribution in [0, 0.1) is 0 Å². The van der Waals surface area contributed by atoms with E-state index >= 15 is 0 Å². The van der Waals surface area contributed by atoms with Crippen molar-refractivity contribution >= 4 is 16.8 Å². The highest BCUT2D eigenvalue weighted by Crippen LogP contribution is 2.32. The molecule has 2 aromatic rings. The van der Waals surface area contributed by atoms with Crippen LogP contribution in [0.25, 0.3) is 10.9 Å². The lowest BCUT2D eigenvalue weighted by Crippen LogP contribution is -2.23. The predicted octanol–water partition coefficient (Wildman–Crippen LogP) is 0.823. The van der Waals surface area contributed by atoms with Gasteiger partial charge in [-0.25, -0.2) is 0 Å². The van der Waals surface area contributed by atoms with Crippen LogP contribution in [0.4, 0.5) is 4.39 Å². The molecule has 0 bridgehead atoms. The van der Waals surface area contributed by atoms with Crippen molar-refractivity contribution in [2.24, 2.45) is 5.73 Å². The molecule has 16 heavy (non-hydrogen) atoms. The maximum Gasteiger partial charge on any atom is 0.257 e. The van der Waals surface area contributed by atoms with Crippen LogP contribution in [0.15, 0.2) is 18.3 Å². The molecule has 2 N–H and O–H groups in total. The van der Waals surface area contributed by atoms with Gasteiger partial charge in [0.05, 0.1) is 11.8 Å². The first-order valence-electron chi connectivity index (χ1n) is 4.76. The van der Waals surface area contributed by atoms with Gasteiger partial charge in [0, 0.05) is 5.39 Å². The van der Waals surface area contributed by atoms with Gasteiger partial charge in [0.2, 0.25) is 5.91 Å². The van der Waals surface area contributed by atoms with Gasteiger partial charge < -0.3 is 10.5 Å². The Morgan fingerprint density at radius 2 is 2.44 bits per heavy atom. The number of alkyl halides is 1. The summed E-state index contributed by atoms with van der Waals surface area (Å²) in [6, 6.07) is 3.05. The van der Waals surface area contributed by atoms with Gasteiger partial charge in [-0.3, -0.25) is 9.48 Å². The second-order valence-corrected chi connectivity index (χ2v) is 3.59. The molecular weight excluding hydrogens is 213 g/mol. The van der Waals surface area contributed by atoms with Crippen molar-refractivity contribution in [3.8, 4) is 5.75 Å². The Bertz CT molecular complexity index is 593. The molecule has 0 saturated heterocycles. The van der Waals surface area contributed by atoms with Gasteiger partial charge in [0.25, 0.3) is 6.36 Å². The minimum absolute atomic E-state index is 0.0265. The zero-order chi connectivity index (χ0) is 11.3. The Morgan fingerprint density at radius 1 is 1.62 bits per heavy atom. The van der Waals surface area contributed by atoms with Gasteiger partial charge in [-0.05, 0) is 12.1 Å². The molecule has 1 aliphatic heterocycles. The number of nitrogens with zero attached hydrogens (tertiary/aromatic N) is 2. The van der Waals surface area contributed by atoms with E-state index in [1.807, 2.05) is 0 Å². The molecule has 0 spiro atoms. The van der Waals surface area contributed by atoms with Crippen molar-refractivity contribution in [3.05, 3.63) is 23.9 Å². The number of aromatic nitrogens is 2. The van der Waals surface area contributed by atoms with E-state index in [1.54, 1.807) is 0 Å².